The van der Waals surface area contributed by atoms with Crippen LogP contribution in [0, 0.1) is 11.3 Å². The average molecular weight is 229 g/mol. The Balaban J connectivity index is 4.00. The second-order valence-electron chi connectivity index (χ2n) is 5.73. The lowest BCUT2D eigenvalue weighted by molar-refractivity contribution is 0.123. The summed E-state index contributed by atoms with van der Waals surface area (Å²) in [6, 6.07) is 0.611. The Labute approximate surface area is 102 Å². The van der Waals surface area contributed by atoms with Crippen molar-refractivity contribution in [3.8, 4) is 0 Å². The molecular formula is C14H31NO. The molecule has 0 saturated carbocycles. The molecule has 0 aromatic heterocycles. The first-order valence-electron chi connectivity index (χ1n) is 6.66. The number of rotatable bonds is 9. The Bertz CT molecular complexity index is 168. The first-order valence-corrected chi connectivity index (χ1v) is 6.66. The predicted octanol–water partition coefficient (Wildman–Crippen LogP) is 3.46. The van der Waals surface area contributed by atoms with Crippen molar-refractivity contribution in [3.05, 3.63) is 0 Å². The summed E-state index contributed by atoms with van der Waals surface area (Å²) in [4.78, 5) is 0. The van der Waals surface area contributed by atoms with Gasteiger partial charge in [0.05, 0.1) is 0 Å². The smallest absolute Gasteiger partial charge is 0.0465 e. The summed E-state index contributed by atoms with van der Waals surface area (Å²) >= 11 is 0. The van der Waals surface area contributed by atoms with Gasteiger partial charge in [0.2, 0.25) is 0 Å². The Morgan fingerprint density at radius 2 is 1.88 bits per heavy atom. The number of methoxy groups -OCH3 is 1. The Kier molecular flexibility index (Phi) is 8.04. The summed E-state index contributed by atoms with van der Waals surface area (Å²) in [5.41, 5.74) is 0.388. The maximum Gasteiger partial charge on any atom is 0.0465 e. The van der Waals surface area contributed by atoms with Crippen molar-refractivity contribution in [3.63, 3.8) is 0 Å². The zero-order valence-electron chi connectivity index (χ0n) is 12.1. The molecule has 0 fully saturated rings. The largest absolute Gasteiger partial charge is 0.385 e. The molecule has 0 amide bonds. The molecule has 2 unspecified atom stereocenters. The molecule has 0 aromatic carbocycles. The van der Waals surface area contributed by atoms with Crippen LogP contribution in [-0.4, -0.2) is 26.3 Å². The maximum atomic E-state index is 5.16. The van der Waals surface area contributed by atoms with Crippen molar-refractivity contribution in [1.82, 2.24) is 5.32 Å². The molecule has 0 heterocycles. The Morgan fingerprint density at radius 1 is 1.25 bits per heavy atom. The van der Waals surface area contributed by atoms with Gasteiger partial charge in [0.25, 0.3) is 0 Å². The zero-order chi connectivity index (χ0) is 12.6. The second kappa shape index (κ2) is 8.08. The molecule has 0 bridgehead atoms. The van der Waals surface area contributed by atoms with Crippen molar-refractivity contribution in [1.29, 1.82) is 0 Å². The standard InChI is InChI=1S/C14H31NO/c1-7-9-15-13(3)11-14(4,5)12(2)8-10-16-6/h12-13,15H,7-11H2,1-6H3. The van der Waals surface area contributed by atoms with E-state index in [2.05, 4.69) is 39.9 Å². The van der Waals surface area contributed by atoms with Gasteiger partial charge in [0.1, 0.15) is 0 Å². The quantitative estimate of drug-likeness (QED) is 0.654. The molecule has 0 aliphatic heterocycles. The van der Waals surface area contributed by atoms with E-state index in [1.54, 1.807) is 7.11 Å². The summed E-state index contributed by atoms with van der Waals surface area (Å²) in [5, 5.41) is 3.57. The van der Waals surface area contributed by atoms with Crippen molar-refractivity contribution >= 4 is 0 Å². The molecule has 1 N–H and O–H groups in total. The van der Waals surface area contributed by atoms with E-state index < -0.39 is 0 Å². The summed E-state index contributed by atoms with van der Waals surface area (Å²) in [7, 11) is 1.78. The van der Waals surface area contributed by atoms with Gasteiger partial charge in [-0.25, -0.2) is 0 Å². The van der Waals surface area contributed by atoms with Gasteiger partial charge < -0.3 is 10.1 Å². The van der Waals surface area contributed by atoms with Gasteiger partial charge in [-0.05, 0) is 44.1 Å². The highest BCUT2D eigenvalue weighted by atomic mass is 16.5. The number of hydrogen-bond acceptors (Lipinski definition) is 2. The van der Waals surface area contributed by atoms with Crippen LogP contribution in [0.3, 0.4) is 0 Å². The van der Waals surface area contributed by atoms with E-state index in [-0.39, 0.29) is 0 Å². The molecule has 0 aliphatic rings. The van der Waals surface area contributed by atoms with E-state index in [9.17, 15) is 0 Å². The highest BCUT2D eigenvalue weighted by Gasteiger charge is 2.27. The molecule has 0 rings (SSSR count). The average Bonchev–Trinajstić information content (AvgIpc) is 2.22. The fourth-order valence-electron chi connectivity index (χ4n) is 2.14. The summed E-state index contributed by atoms with van der Waals surface area (Å²) in [5.74, 6) is 0.707. The maximum absolute atomic E-state index is 5.16. The third kappa shape index (κ3) is 6.49. The molecule has 2 nitrogen and oxygen atoms in total. The Morgan fingerprint density at radius 3 is 2.38 bits per heavy atom. The summed E-state index contributed by atoms with van der Waals surface area (Å²) in [6.07, 6.45) is 3.60. The molecule has 0 spiro atoms. The molecular weight excluding hydrogens is 198 g/mol. The number of nitrogens with one attached hydrogen (secondary N) is 1. The van der Waals surface area contributed by atoms with Gasteiger partial charge in [0.15, 0.2) is 0 Å². The predicted molar refractivity (Wildman–Crippen MR) is 71.8 cm³/mol. The number of hydrogen-bond donors (Lipinski definition) is 1. The molecule has 0 saturated heterocycles. The summed E-state index contributed by atoms with van der Waals surface area (Å²) in [6.45, 7) is 13.6. The van der Waals surface area contributed by atoms with Crippen LogP contribution in [0.5, 0.6) is 0 Å². The normalized spacial score (nSPS) is 16.1. The van der Waals surface area contributed by atoms with Crippen LogP contribution in [0.15, 0.2) is 0 Å². The molecule has 2 atom stereocenters. The molecule has 0 aliphatic carbocycles. The van der Waals surface area contributed by atoms with E-state index in [1.807, 2.05) is 0 Å². The van der Waals surface area contributed by atoms with Crippen molar-refractivity contribution < 1.29 is 4.74 Å². The van der Waals surface area contributed by atoms with Gasteiger partial charge >= 0.3 is 0 Å². The molecule has 0 aromatic rings. The van der Waals surface area contributed by atoms with Crippen LogP contribution in [0.2, 0.25) is 0 Å². The third-order valence-corrected chi connectivity index (χ3v) is 3.66. The highest BCUT2D eigenvalue weighted by Crippen LogP contribution is 2.33. The van der Waals surface area contributed by atoms with Crippen LogP contribution >= 0.6 is 0 Å². The SMILES string of the molecule is CCCNC(C)CC(C)(C)C(C)CCOC. The van der Waals surface area contributed by atoms with E-state index in [0.717, 1.165) is 19.6 Å². The second-order valence-corrected chi connectivity index (χ2v) is 5.73. The molecule has 98 valence electrons. The van der Waals surface area contributed by atoms with Gasteiger partial charge in [0, 0.05) is 19.8 Å². The van der Waals surface area contributed by atoms with E-state index in [1.165, 1.54) is 12.8 Å². The monoisotopic (exact) mass is 229 g/mol. The van der Waals surface area contributed by atoms with Gasteiger partial charge in [-0.2, -0.15) is 0 Å². The zero-order valence-corrected chi connectivity index (χ0v) is 12.1. The van der Waals surface area contributed by atoms with Gasteiger partial charge in [-0.3, -0.25) is 0 Å². The minimum atomic E-state index is 0.388. The van der Waals surface area contributed by atoms with Crippen molar-refractivity contribution in [2.24, 2.45) is 11.3 Å². The summed E-state index contributed by atoms with van der Waals surface area (Å²) < 4.78 is 5.16. The Hall–Kier alpha value is -0.0800. The van der Waals surface area contributed by atoms with Crippen LogP contribution in [0.25, 0.3) is 0 Å². The van der Waals surface area contributed by atoms with Crippen LogP contribution in [-0.2, 0) is 4.74 Å². The van der Waals surface area contributed by atoms with E-state index in [4.69, 9.17) is 4.74 Å². The lowest BCUT2D eigenvalue weighted by Crippen LogP contribution is -2.35. The topological polar surface area (TPSA) is 21.3 Å². The van der Waals surface area contributed by atoms with Crippen molar-refractivity contribution in [2.75, 3.05) is 20.3 Å². The van der Waals surface area contributed by atoms with Crippen LogP contribution < -0.4 is 5.32 Å². The fourth-order valence-corrected chi connectivity index (χ4v) is 2.14. The minimum Gasteiger partial charge on any atom is -0.385 e. The van der Waals surface area contributed by atoms with E-state index >= 15 is 0 Å². The third-order valence-electron chi connectivity index (χ3n) is 3.66. The highest BCUT2D eigenvalue weighted by molar-refractivity contribution is 4.79. The van der Waals surface area contributed by atoms with Gasteiger partial charge in [-0.15, -0.1) is 0 Å². The van der Waals surface area contributed by atoms with E-state index in [0.29, 0.717) is 17.4 Å². The fraction of sp³-hybridized carbons (Fsp3) is 1.00. The lowest BCUT2D eigenvalue weighted by Gasteiger charge is -2.34. The minimum absolute atomic E-state index is 0.388. The first-order chi connectivity index (χ1) is 7.44. The van der Waals surface area contributed by atoms with Gasteiger partial charge in [-0.1, -0.05) is 27.7 Å². The number of ether oxygens (including phenoxy) is 1. The molecule has 16 heavy (non-hydrogen) atoms. The first kappa shape index (κ1) is 15.9. The lowest BCUT2D eigenvalue weighted by atomic mass is 9.74. The van der Waals surface area contributed by atoms with Crippen molar-refractivity contribution in [2.45, 2.75) is 59.9 Å². The van der Waals surface area contributed by atoms with Crippen LogP contribution in [0.1, 0.15) is 53.9 Å². The molecule has 2 heteroatoms. The molecule has 0 radical (unpaired) electrons. The van der Waals surface area contributed by atoms with Crippen LogP contribution in [0.4, 0.5) is 0 Å².